The van der Waals surface area contributed by atoms with Gasteiger partial charge in [-0.05, 0) is 37.8 Å². The maximum Gasteiger partial charge on any atom is 0.0616 e. The van der Waals surface area contributed by atoms with Gasteiger partial charge < -0.3 is 10.1 Å². The van der Waals surface area contributed by atoms with Crippen molar-refractivity contribution in [2.75, 3.05) is 19.5 Å². The number of thioether (sulfide) groups is 1. The van der Waals surface area contributed by atoms with Crippen molar-refractivity contribution >= 4 is 11.8 Å². The van der Waals surface area contributed by atoms with Crippen LogP contribution in [-0.4, -0.2) is 25.5 Å². The van der Waals surface area contributed by atoms with Crippen LogP contribution in [-0.2, 0) is 11.3 Å². The average molecular weight is 239 g/mol. The lowest BCUT2D eigenvalue weighted by molar-refractivity contribution is 0.127. The quantitative estimate of drug-likeness (QED) is 0.739. The highest BCUT2D eigenvalue weighted by Crippen LogP contribution is 2.14. The van der Waals surface area contributed by atoms with Crippen LogP contribution in [0.25, 0.3) is 0 Å². The second-order valence-electron chi connectivity index (χ2n) is 3.79. The third-order valence-electron chi connectivity index (χ3n) is 2.39. The minimum absolute atomic E-state index is 0.403. The topological polar surface area (TPSA) is 21.3 Å². The summed E-state index contributed by atoms with van der Waals surface area (Å²) in [5.41, 5.74) is 1.32. The number of nitrogens with one attached hydrogen (secondary N) is 1. The van der Waals surface area contributed by atoms with E-state index in [0.717, 1.165) is 19.8 Å². The highest BCUT2D eigenvalue weighted by Gasteiger charge is 2.00. The Morgan fingerprint density at radius 3 is 2.56 bits per heavy atom. The van der Waals surface area contributed by atoms with E-state index >= 15 is 0 Å². The number of rotatable bonds is 7. The van der Waals surface area contributed by atoms with Gasteiger partial charge in [0.2, 0.25) is 0 Å². The molecular formula is C13H21NOS. The molecule has 0 amide bonds. The zero-order valence-electron chi connectivity index (χ0n) is 10.3. The van der Waals surface area contributed by atoms with Crippen LogP contribution in [0.5, 0.6) is 0 Å². The fourth-order valence-electron chi connectivity index (χ4n) is 1.39. The van der Waals surface area contributed by atoms with Crippen LogP contribution in [0, 0.1) is 0 Å². The highest BCUT2D eigenvalue weighted by atomic mass is 32.2. The molecule has 2 nitrogen and oxygen atoms in total. The molecular weight excluding hydrogens is 218 g/mol. The van der Waals surface area contributed by atoms with E-state index in [1.165, 1.54) is 10.5 Å². The van der Waals surface area contributed by atoms with Gasteiger partial charge in [0.15, 0.2) is 0 Å². The van der Waals surface area contributed by atoms with Gasteiger partial charge >= 0.3 is 0 Å². The first-order valence-electron chi connectivity index (χ1n) is 5.70. The Morgan fingerprint density at radius 2 is 2.00 bits per heavy atom. The van der Waals surface area contributed by atoms with Crippen molar-refractivity contribution < 1.29 is 4.74 Å². The Morgan fingerprint density at radius 1 is 1.31 bits per heavy atom. The normalized spacial score (nSPS) is 12.7. The van der Waals surface area contributed by atoms with Crippen molar-refractivity contribution in [2.45, 2.75) is 31.3 Å². The van der Waals surface area contributed by atoms with Crippen LogP contribution in [0.4, 0.5) is 0 Å². The summed E-state index contributed by atoms with van der Waals surface area (Å²) in [6.07, 6.45) is 2.09. The van der Waals surface area contributed by atoms with Gasteiger partial charge in [-0.2, -0.15) is 0 Å². The molecule has 0 aliphatic rings. The van der Waals surface area contributed by atoms with Crippen molar-refractivity contribution in [1.29, 1.82) is 0 Å². The number of hydrogen-bond acceptors (Lipinski definition) is 3. The Labute approximate surface area is 103 Å². The van der Waals surface area contributed by atoms with Gasteiger partial charge in [-0.1, -0.05) is 12.1 Å². The van der Waals surface area contributed by atoms with Crippen molar-refractivity contribution in [1.82, 2.24) is 5.32 Å². The zero-order chi connectivity index (χ0) is 11.8. The molecule has 1 atom stereocenters. The van der Waals surface area contributed by atoms with Crippen molar-refractivity contribution in [3.05, 3.63) is 29.8 Å². The van der Waals surface area contributed by atoms with E-state index in [2.05, 4.69) is 42.8 Å². The summed E-state index contributed by atoms with van der Waals surface area (Å²) in [6, 6.07) is 9.07. The second kappa shape index (κ2) is 7.71. The highest BCUT2D eigenvalue weighted by molar-refractivity contribution is 7.98. The van der Waals surface area contributed by atoms with Gasteiger partial charge in [-0.15, -0.1) is 11.8 Å². The molecule has 0 radical (unpaired) electrons. The summed E-state index contributed by atoms with van der Waals surface area (Å²) < 4.78 is 5.35. The summed E-state index contributed by atoms with van der Waals surface area (Å²) in [7, 11) is 0. The molecule has 0 spiro atoms. The van der Waals surface area contributed by atoms with E-state index in [0.29, 0.717) is 6.04 Å². The predicted octanol–water partition coefficient (Wildman–Crippen LogP) is 2.92. The number of benzene rings is 1. The summed E-state index contributed by atoms with van der Waals surface area (Å²) in [5, 5.41) is 3.44. The predicted molar refractivity (Wildman–Crippen MR) is 71.0 cm³/mol. The van der Waals surface area contributed by atoms with Crippen molar-refractivity contribution in [3.63, 3.8) is 0 Å². The first-order chi connectivity index (χ1) is 7.76. The molecule has 1 aromatic carbocycles. The van der Waals surface area contributed by atoms with Crippen LogP contribution in [0.15, 0.2) is 29.2 Å². The molecule has 0 saturated carbocycles. The van der Waals surface area contributed by atoms with Crippen molar-refractivity contribution in [2.24, 2.45) is 0 Å². The minimum atomic E-state index is 0.403. The number of hydrogen-bond donors (Lipinski definition) is 1. The van der Waals surface area contributed by atoms with Crippen LogP contribution < -0.4 is 5.32 Å². The van der Waals surface area contributed by atoms with E-state index in [4.69, 9.17) is 4.74 Å². The average Bonchev–Trinajstić information content (AvgIpc) is 2.34. The van der Waals surface area contributed by atoms with E-state index in [-0.39, 0.29) is 0 Å². The Bertz CT molecular complexity index is 286. The molecule has 0 aliphatic heterocycles. The lowest BCUT2D eigenvalue weighted by Gasteiger charge is -2.13. The molecule has 16 heavy (non-hydrogen) atoms. The van der Waals surface area contributed by atoms with Gasteiger partial charge in [0.25, 0.3) is 0 Å². The summed E-state index contributed by atoms with van der Waals surface area (Å²) in [6.45, 7) is 6.64. The third kappa shape index (κ3) is 5.01. The first-order valence-corrected chi connectivity index (χ1v) is 6.92. The summed E-state index contributed by atoms with van der Waals surface area (Å²) in [5.74, 6) is 0. The molecule has 0 saturated heterocycles. The van der Waals surface area contributed by atoms with Gasteiger partial charge in [0.1, 0.15) is 0 Å². The van der Waals surface area contributed by atoms with Crippen molar-refractivity contribution in [3.8, 4) is 0 Å². The largest absolute Gasteiger partial charge is 0.380 e. The van der Waals surface area contributed by atoms with Crippen LogP contribution >= 0.6 is 11.8 Å². The van der Waals surface area contributed by atoms with Crippen LogP contribution in [0.2, 0.25) is 0 Å². The van der Waals surface area contributed by atoms with Crippen LogP contribution in [0.3, 0.4) is 0 Å². The number of ether oxygens (including phenoxy) is 1. The monoisotopic (exact) mass is 239 g/mol. The van der Waals surface area contributed by atoms with Gasteiger partial charge in [0, 0.05) is 24.1 Å². The Kier molecular flexibility index (Phi) is 6.53. The molecule has 1 unspecified atom stereocenters. The summed E-state index contributed by atoms with van der Waals surface area (Å²) in [4.78, 5) is 1.31. The molecule has 1 rings (SSSR count). The van der Waals surface area contributed by atoms with Gasteiger partial charge in [-0.25, -0.2) is 0 Å². The van der Waals surface area contributed by atoms with E-state index in [1.807, 2.05) is 6.92 Å². The lowest BCUT2D eigenvalue weighted by atomic mass is 10.2. The van der Waals surface area contributed by atoms with Gasteiger partial charge in [-0.3, -0.25) is 0 Å². The SMILES string of the molecule is CCOCC(C)NCc1ccc(SC)cc1. The second-order valence-corrected chi connectivity index (χ2v) is 4.67. The maximum atomic E-state index is 5.35. The Hall–Kier alpha value is -0.510. The third-order valence-corrected chi connectivity index (χ3v) is 3.13. The molecule has 90 valence electrons. The zero-order valence-corrected chi connectivity index (χ0v) is 11.1. The standard InChI is InChI=1S/C13H21NOS/c1-4-15-10-11(2)14-9-12-5-7-13(16-3)8-6-12/h5-8,11,14H,4,9-10H2,1-3H3. The molecule has 0 heterocycles. The molecule has 0 aliphatic carbocycles. The minimum Gasteiger partial charge on any atom is -0.380 e. The smallest absolute Gasteiger partial charge is 0.0616 e. The Balaban J connectivity index is 2.30. The van der Waals surface area contributed by atoms with Crippen LogP contribution in [0.1, 0.15) is 19.4 Å². The molecule has 1 N–H and O–H groups in total. The molecule has 3 heteroatoms. The fraction of sp³-hybridized carbons (Fsp3) is 0.538. The maximum absolute atomic E-state index is 5.35. The molecule has 0 bridgehead atoms. The first kappa shape index (κ1) is 13.6. The fourth-order valence-corrected chi connectivity index (χ4v) is 1.80. The molecule has 1 aromatic rings. The summed E-state index contributed by atoms with van der Waals surface area (Å²) >= 11 is 1.77. The van der Waals surface area contributed by atoms with E-state index < -0.39 is 0 Å². The molecule has 0 fully saturated rings. The molecule has 0 aromatic heterocycles. The van der Waals surface area contributed by atoms with E-state index in [9.17, 15) is 0 Å². The van der Waals surface area contributed by atoms with Gasteiger partial charge in [0.05, 0.1) is 6.61 Å². The van der Waals surface area contributed by atoms with E-state index in [1.54, 1.807) is 11.8 Å². The lowest BCUT2D eigenvalue weighted by Crippen LogP contribution is -2.30.